The summed E-state index contributed by atoms with van der Waals surface area (Å²) in [5.41, 5.74) is 2.87. The van der Waals surface area contributed by atoms with Crippen LogP contribution in [0.5, 0.6) is 0 Å². The van der Waals surface area contributed by atoms with Gasteiger partial charge in [-0.15, -0.1) is 11.3 Å². The molecule has 7 heteroatoms. The monoisotopic (exact) mass is 458 g/mol. The Kier molecular flexibility index (Phi) is 6.07. The minimum Gasteiger partial charge on any atom is -0.347 e. The van der Waals surface area contributed by atoms with Crippen LogP contribution in [0.4, 0.5) is 0 Å². The standard InChI is InChI=1S/C26H26N4O2S/c1-17-22-24(31)28-21(14-18-8-4-2-5-9-18)29-26(22)33-23(17)25(32)27-20-12-13-30(16-20)15-19-10-6-3-7-11-19/h2-11,20H,12-16H2,1H3,(H,27,32)(H,28,29,31). The molecule has 1 fully saturated rings. The van der Waals surface area contributed by atoms with Gasteiger partial charge in [0.1, 0.15) is 10.7 Å². The number of likely N-dealkylation sites (tertiary alicyclic amines) is 1. The molecule has 2 aromatic heterocycles. The van der Waals surface area contributed by atoms with Crippen LogP contribution in [0, 0.1) is 6.92 Å². The summed E-state index contributed by atoms with van der Waals surface area (Å²) in [5, 5.41) is 3.69. The Morgan fingerprint density at radius 1 is 1.12 bits per heavy atom. The van der Waals surface area contributed by atoms with Crippen molar-refractivity contribution >= 4 is 27.5 Å². The van der Waals surface area contributed by atoms with Gasteiger partial charge in [-0.1, -0.05) is 60.7 Å². The second-order valence-corrected chi connectivity index (χ2v) is 9.59. The van der Waals surface area contributed by atoms with E-state index in [0.717, 1.165) is 31.6 Å². The van der Waals surface area contributed by atoms with Crippen LogP contribution >= 0.6 is 11.3 Å². The van der Waals surface area contributed by atoms with E-state index in [0.29, 0.717) is 32.9 Å². The first kappa shape index (κ1) is 21.6. The number of nitrogens with one attached hydrogen (secondary N) is 2. The molecule has 2 N–H and O–H groups in total. The number of aryl methyl sites for hydroxylation is 1. The van der Waals surface area contributed by atoms with Gasteiger partial charge in [-0.2, -0.15) is 0 Å². The van der Waals surface area contributed by atoms with E-state index in [1.165, 1.54) is 16.9 Å². The molecule has 1 aliphatic heterocycles. The number of H-pyrrole nitrogens is 1. The number of nitrogens with zero attached hydrogens (tertiary/aromatic N) is 2. The molecule has 0 radical (unpaired) electrons. The Balaban J connectivity index is 1.30. The van der Waals surface area contributed by atoms with E-state index in [9.17, 15) is 9.59 Å². The molecule has 33 heavy (non-hydrogen) atoms. The number of rotatable bonds is 6. The number of carbonyl (C=O) groups is 1. The summed E-state index contributed by atoms with van der Waals surface area (Å²) in [7, 11) is 0. The van der Waals surface area contributed by atoms with Gasteiger partial charge in [-0.3, -0.25) is 14.5 Å². The van der Waals surface area contributed by atoms with Crippen LogP contribution in [0.25, 0.3) is 10.2 Å². The van der Waals surface area contributed by atoms with Crippen LogP contribution in [-0.2, 0) is 13.0 Å². The maximum absolute atomic E-state index is 13.1. The van der Waals surface area contributed by atoms with Gasteiger partial charge < -0.3 is 10.3 Å². The average molecular weight is 459 g/mol. The largest absolute Gasteiger partial charge is 0.347 e. The molecule has 168 valence electrons. The van der Waals surface area contributed by atoms with Crippen molar-refractivity contribution in [2.75, 3.05) is 13.1 Å². The summed E-state index contributed by atoms with van der Waals surface area (Å²) in [6.07, 6.45) is 1.46. The first-order valence-corrected chi connectivity index (χ1v) is 12.0. The zero-order valence-corrected chi connectivity index (χ0v) is 19.3. The Morgan fingerprint density at radius 2 is 1.82 bits per heavy atom. The second kappa shape index (κ2) is 9.29. The van der Waals surface area contributed by atoms with Gasteiger partial charge in [-0.05, 0) is 30.0 Å². The molecular weight excluding hydrogens is 432 g/mol. The van der Waals surface area contributed by atoms with Crippen molar-refractivity contribution in [2.24, 2.45) is 0 Å². The summed E-state index contributed by atoms with van der Waals surface area (Å²) in [4.78, 5) is 37.0. The van der Waals surface area contributed by atoms with E-state index in [-0.39, 0.29) is 17.5 Å². The van der Waals surface area contributed by atoms with Gasteiger partial charge in [0, 0.05) is 32.1 Å². The molecule has 0 spiro atoms. The fourth-order valence-corrected chi connectivity index (χ4v) is 5.57. The number of hydrogen-bond acceptors (Lipinski definition) is 5. The van der Waals surface area contributed by atoms with Crippen LogP contribution in [0.2, 0.25) is 0 Å². The fourth-order valence-electron chi connectivity index (χ4n) is 4.46. The van der Waals surface area contributed by atoms with E-state index in [1.54, 1.807) is 0 Å². The molecule has 0 aliphatic carbocycles. The number of fused-ring (bicyclic) bond motifs is 1. The Morgan fingerprint density at radius 3 is 2.55 bits per heavy atom. The predicted octanol–water partition coefficient (Wildman–Crippen LogP) is 3.89. The van der Waals surface area contributed by atoms with Gasteiger partial charge in [0.25, 0.3) is 11.5 Å². The van der Waals surface area contributed by atoms with Gasteiger partial charge >= 0.3 is 0 Å². The molecule has 4 aromatic rings. The van der Waals surface area contributed by atoms with E-state index < -0.39 is 0 Å². The van der Waals surface area contributed by atoms with Gasteiger partial charge in [-0.25, -0.2) is 4.98 Å². The van der Waals surface area contributed by atoms with Gasteiger partial charge in [0.05, 0.1) is 10.3 Å². The van der Waals surface area contributed by atoms with E-state index in [4.69, 9.17) is 0 Å². The Hall–Kier alpha value is -3.29. The van der Waals surface area contributed by atoms with Gasteiger partial charge in [0.15, 0.2) is 0 Å². The topological polar surface area (TPSA) is 78.1 Å². The molecule has 0 saturated carbocycles. The van der Waals surface area contributed by atoms with Crippen LogP contribution in [0.3, 0.4) is 0 Å². The van der Waals surface area contributed by atoms with Crippen LogP contribution < -0.4 is 10.9 Å². The number of carbonyl (C=O) groups excluding carboxylic acids is 1. The zero-order chi connectivity index (χ0) is 22.8. The highest BCUT2D eigenvalue weighted by molar-refractivity contribution is 7.20. The Labute approximate surface area is 196 Å². The quantitative estimate of drug-likeness (QED) is 0.460. The molecular formula is C26H26N4O2S. The van der Waals surface area contributed by atoms with Crippen molar-refractivity contribution in [1.82, 2.24) is 20.2 Å². The lowest BCUT2D eigenvalue weighted by atomic mass is 10.1. The highest BCUT2D eigenvalue weighted by Gasteiger charge is 2.26. The molecule has 1 amide bonds. The highest BCUT2D eigenvalue weighted by atomic mass is 32.1. The number of aromatic amines is 1. The van der Waals surface area contributed by atoms with Crippen LogP contribution in [0.15, 0.2) is 65.5 Å². The maximum Gasteiger partial charge on any atom is 0.261 e. The lowest BCUT2D eigenvalue weighted by molar-refractivity contribution is 0.0941. The molecule has 2 aromatic carbocycles. The third-order valence-corrected chi connectivity index (χ3v) is 7.31. The summed E-state index contributed by atoms with van der Waals surface area (Å²) in [6.45, 7) is 4.50. The fraction of sp³-hybridized carbons (Fsp3) is 0.269. The average Bonchev–Trinajstić information content (AvgIpc) is 3.39. The van der Waals surface area contributed by atoms with Crippen molar-refractivity contribution in [3.63, 3.8) is 0 Å². The molecule has 3 heterocycles. The molecule has 5 rings (SSSR count). The molecule has 0 bridgehead atoms. The zero-order valence-electron chi connectivity index (χ0n) is 18.5. The maximum atomic E-state index is 13.1. The minimum atomic E-state index is -0.186. The smallest absolute Gasteiger partial charge is 0.261 e. The highest BCUT2D eigenvalue weighted by Crippen LogP contribution is 2.27. The lowest BCUT2D eigenvalue weighted by Gasteiger charge is -2.16. The predicted molar refractivity (Wildman–Crippen MR) is 132 cm³/mol. The van der Waals surface area contributed by atoms with Crippen molar-refractivity contribution < 1.29 is 4.79 Å². The van der Waals surface area contributed by atoms with E-state index >= 15 is 0 Å². The van der Waals surface area contributed by atoms with Crippen molar-refractivity contribution in [3.8, 4) is 0 Å². The molecule has 6 nitrogen and oxygen atoms in total. The molecule has 1 saturated heterocycles. The van der Waals surface area contributed by atoms with Crippen LogP contribution in [-0.4, -0.2) is 39.9 Å². The first-order chi connectivity index (χ1) is 16.1. The summed E-state index contributed by atoms with van der Waals surface area (Å²) < 4.78 is 0. The third kappa shape index (κ3) is 4.74. The number of thiophene rings is 1. The summed E-state index contributed by atoms with van der Waals surface area (Å²) in [6, 6.07) is 20.4. The van der Waals surface area contributed by atoms with E-state index in [2.05, 4.69) is 44.5 Å². The summed E-state index contributed by atoms with van der Waals surface area (Å²) in [5.74, 6) is 0.491. The number of amides is 1. The van der Waals surface area contributed by atoms with Gasteiger partial charge in [0.2, 0.25) is 0 Å². The number of hydrogen-bond donors (Lipinski definition) is 2. The van der Waals surface area contributed by atoms with Crippen molar-refractivity contribution in [3.05, 3.63) is 98.4 Å². The molecule has 1 aliphatic rings. The Bertz CT molecular complexity index is 1330. The molecule has 1 atom stereocenters. The number of aromatic nitrogens is 2. The van der Waals surface area contributed by atoms with Crippen molar-refractivity contribution in [1.29, 1.82) is 0 Å². The molecule has 1 unspecified atom stereocenters. The van der Waals surface area contributed by atoms with Crippen molar-refractivity contribution in [2.45, 2.75) is 32.4 Å². The van der Waals surface area contributed by atoms with Crippen LogP contribution in [0.1, 0.15) is 38.6 Å². The van der Waals surface area contributed by atoms with E-state index in [1.807, 2.05) is 43.3 Å². The normalized spacial score (nSPS) is 16.3. The minimum absolute atomic E-state index is 0.103. The second-order valence-electron chi connectivity index (χ2n) is 8.59. The first-order valence-electron chi connectivity index (χ1n) is 11.2. The SMILES string of the molecule is Cc1c(C(=O)NC2CCN(Cc3ccccc3)C2)sc2nc(Cc3ccccc3)[nH]c(=O)c12. The number of benzene rings is 2. The lowest BCUT2D eigenvalue weighted by Crippen LogP contribution is -2.36. The third-order valence-electron chi connectivity index (χ3n) is 6.13. The summed E-state index contributed by atoms with van der Waals surface area (Å²) >= 11 is 1.30.